The molecule has 0 spiro atoms. The van der Waals surface area contributed by atoms with Crippen LogP contribution in [0, 0.1) is 0 Å². The highest BCUT2D eigenvalue weighted by molar-refractivity contribution is 5.77. The Morgan fingerprint density at radius 3 is 2.72 bits per heavy atom. The van der Waals surface area contributed by atoms with Gasteiger partial charge in [-0.05, 0) is 50.8 Å². The van der Waals surface area contributed by atoms with Crippen molar-refractivity contribution in [2.24, 2.45) is 0 Å². The highest BCUT2D eigenvalue weighted by atomic mass is 16.5. The van der Waals surface area contributed by atoms with E-state index in [1.165, 1.54) is 5.56 Å². The third kappa shape index (κ3) is 4.33. The minimum Gasteiger partial charge on any atom is -0.494 e. The van der Waals surface area contributed by atoms with Crippen molar-refractivity contribution < 1.29 is 19.0 Å². The van der Waals surface area contributed by atoms with E-state index >= 15 is 0 Å². The molecule has 0 N–H and O–H groups in total. The Bertz CT molecular complexity index is 559. The number of piperidine rings is 1. The van der Waals surface area contributed by atoms with Gasteiger partial charge in [0, 0.05) is 26.2 Å². The normalized spacial score (nSPS) is 25.7. The highest BCUT2D eigenvalue weighted by Gasteiger charge is 2.44. The molecule has 0 radical (unpaired) electrons. The van der Waals surface area contributed by atoms with Crippen molar-refractivity contribution in [3.8, 4) is 5.75 Å². The van der Waals surface area contributed by atoms with Crippen LogP contribution in [0.15, 0.2) is 24.3 Å². The lowest BCUT2D eigenvalue weighted by Gasteiger charge is -2.41. The fourth-order valence-electron chi connectivity index (χ4n) is 3.90. The van der Waals surface area contributed by atoms with Gasteiger partial charge in [-0.15, -0.1) is 0 Å². The summed E-state index contributed by atoms with van der Waals surface area (Å²) < 4.78 is 17.1. The first-order valence-corrected chi connectivity index (χ1v) is 9.47. The van der Waals surface area contributed by atoms with Gasteiger partial charge in [0.15, 0.2) is 0 Å². The lowest BCUT2D eigenvalue weighted by molar-refractivity contribution is -0.144. The standard InChI is InChI=1S/C20H29NO4/c1-3-23-16-8-5-15(6-9-16)7-10-19(22)21-13-11-18(24-4-2)20-17(21)12-14-25-20/h5-6,8-9,17-18,20H,3-4,7,10-14H2,1-2H3/t17-,18+,20-/m0/s1. The van der Waals surface area contributed by atoms with Crippen molar-refractivity contribution in [1.29, 1.82) is 0 Å². The summed E-state index contributed by atoms with van der Waals surface area (Å²) in [5, 5.41) is 0. The van der Waals surface area contributed by atoms with Gasteiger partial charge in [0.2, 0.25) is 5.91 Å². The summed E-state index contributed by atoms with van der Waals surface area (Å²) in [6.07, 6.45) is 3.26. The Morgan fingerprint density at radius 1 is 1.20 bits per heavy atom. The molecular formula is C20H29NO4. The van der Waals surface area contributed by atoms with E-state index in [-0.39, 0.29) is 24.2 Å². The number of carbonyl (C=O) groups excluding carboxylic acids is 1. The van der Waals surface area contributed by atoms with Gasteiger partial charge < -0.3 is 19.1 Å². The van der Waals surface area contributed by atoms with Gasteiger partial charge in [0.05, 0.1) is 18.8 Å². The van der Waals surface area contributed by atoms with Crippen molar-refractivity contribution in [2.45, 2.75) is 57.8 Å². The van der Waals surface area contributed by atoms with Crippen molar-refractivity contribution in [3.05, 3.63) is 29.8 Å². The zero-order valence-corrected chi connectivity index (χ0v) is 15.3. The Labute approximate surface area is 150 Å². The molecule has 2 aliphatic heterocycles. The van der Waals surface area contributed by atoms with Crippen molar-refractivity contribution in [1.82, 2.24) is 4.90 Å². The van der Waals surface area contributed by atoms with E-state index in [1.54, 1.807) is 0 Å². The molecule has 2 fully saturated rings. The monoisotopic (exact) mass is 347 g/mol. The Hall–Kier alpha value is -1.59. The number of rotatable bonds is 7. The van der Waals surface area contributed by atoms with Gasteiger partial charge in [0.25, 0.3) is 0 Å². The van der Waals surface area contributed by atoms with Gasteiger partial charge >= 0.3 is 0 Å². The van der Waals surface area contributed by atoms with Crippen LogP contribution in [0.3, 0.4) is 0 Å². The summed E-state index contributed by atoms with van der Waals surface area (Å²) in [5.41, 5.74) is 1.17. The molecule has 2 saturated heterocycles. The summed E-state index contributed by atoms with van der Waals surface area (Å²) >= 11 is 0. The SMILES string of the molecule is CCOc1ccc(CCC(=O)N2CC[C@@H](OCC)[C@H]3OCC[C@@H]32)cc1. The predicted octanol–water partition coefficient (Wildman–Crippen LogP) is 2.81. The van der Waals surface area contributed by atoms with E-state index in [4.69, 9.17) is 14.2 Å². The molecule has 3 atom stereocenters. The third-order valence-corrected chi connectivity index (χ3v) is 5.09. The summed E-state index contributed by atoms with van der Waals surface area (Å²) in [6.45, 7) is 6.85. The average Bonchev–Trinajstić information content (AvgIpc) is 3.12. The average molecular weight is 347 g/mol. The third-order valence-electron chi connectivity index (χ3n) is 5.09. The van der Waals surface area contributed by atoms with Crippen molar-refractivity contribution in [3.63, 3.8) is 0 Å². The summed E-state index contributed by atoms with van der Waals surface area (Å²) in [6, 6.07) is 8.20. The van der Waals surface area contributed by atoms with Crippen LogP contribution in [0.1, 0.15) is 38.7 Å². The van der Waals surface area contributed by atoms with E-state index in [9.17, 15) is 4.79 Å². The number of hydrogen-bond acceptors (Lipinski definition) is 4. The molecule has 0 bridgehead atoms. The number of carbonyl (C=O) groups is 1. The minimum absolute atomic E-state index is 0.0446. The van der Waals surface area contributed by atoms with Crippen molar-refractivity contribution >= 4 is 5.91 Å². The molecule has 3 rings (SSSR count). The Kier molecular flexibility index (Phi) is 6.32. The predicted molar refractivity (Wildman–Crippen MR) is 95.8 cm³/mol. The van der Waals surface area contributed by atoms with Crippen LogP contribution >= 0.6 is 0 Å². The smallest absolute Gasteiger partial charge is 0.223 e. The second-order valence-corrected chi connectivity index (χ2v) is 6.64. The van der Waals surface area contributed by atoms with Gasteiger partial charge in [-0.1, -0.05) is 12.1 Å². The van der Waals surface area contributed by atoms with Gasteiger partial charge in [-0.25, -0.2) is 0 Å². The zero-order valence-electron chi connectivity index (χ0n) is 15.3. The first-order chi connectivity index (χ1) is 12.2. The molecule has 0 aromatic heterocycles. The maximum atomic E-state index is 12.8. The summed E-state index contributed by atoms with van der Waals surface area (Å²) in [5.74, 6) is 1.10. The van der Waals surface area contributed by atoms with Gasteiger partial charge in [0.1, 0.15) is 11.9 Å². The number of aryl methyl sites for hydroxylation is 1. The molecule has 5 nitrogen and oxygen atoms in total. The zero-order chi connectivity index (χ0) is 17.6. The second-order valence-electron chi connectivity index (χ2n) is 6.64. The summed E-state index contributed by atoms with van der Waals surface area (Å²) in [4.78, 5) is 14.8. The van der Waals surface area contributed by atoms with Crippen molar-refractivity contribution in [2.75, 3.05) is 26.4 Å². The first kappa shape index (κ1) is 18.2. The minimum atomic E-state index is 0.0446. The van der Waals surface area contributed by atoms with Gasteiger partial charge in [-0.2, -0.15) is 0 Å². The first-order valence-electron chi connectivity index (χ1n) is 9.47. The van der Waals surface area contributed by atoms with E-state index in [2.05, 4.69) is 0 Å². The number of fused-ring (bicyclic) bond motifs is 1. The highest BCUT2D eigenvalue weighted by Crippen LogP contribution is 2.31. The quantitative estimate of drug-likeness (QED) is 0.761. The van der Waals surface area contributed by atoms with Gasteiger partial charge in [-0.3, -0.25) is 4.79 Å². The fourth-order valence-corrected chi connectivity index (χ4v) is 3.90. The van der Waals surface area contributed by atoms with E-state index in [0.29, 0.717) is 19.6 Å². The molecule has 1 aromatic rings. The van der Waals surface area contributed by atoms with Crippen LogP contribution in [-0.4, -0.2) is 55.4 Å². The number of amides is 1. The second kappa shape index (κ2) is 8.68. The molecule has 1 aromatic carbocycles. The molecule has 0 aliphatic carbocycles. The lowest BCUT2D eigenvalue weighted by atomic mass is 9.95. The number of hydrogen-bond donors (Lipinski definition) is 0. The van der Waals surface area contributed by atoms with E-state index in [1.807, 2.05) is 43.0 Å². The Morgan fingerprint density at radius 2 is 2.00 bits per heavy atom. The van der Waals surface area contributed by atoms with E-state index < -0.39 is 0 Å². The molecular weight excluding hydrogens is 318 g/mol. The molecule has 2 aliphatic rings. The summed E-state index contributed by atoms with van der Waals surface area (Å²) in [7, 11) is 0. The van der Waals surface area contributed by atoms with Crippen LogP contribution in [0.2, 0.25) is 0 Å². The number of nitrogens with zero attached hydrogens (tertiary/aromatic N) is 1. The molecule has 0 unspecified atom stereocenters. The molecule has 25 heavy (non-hydrogen) atoms. The number of benzene rings is 1. The molecule has 0 saturated carbocycles. The molecule has 1 amide bonds. The maximum Gasteiger partial charge on any atom is 0.223 e. The van der Waals surface area contributed by atoms with Crippen LogP contribution in [0.5, 0.6) is 5.75 Å². The van der Waals surface area contributed by atoms with Crippen LogP contribution < -0.4 is 4.74 Å². The van der Waals surface area contributed by atoms with Crippen LogP contribution in [-0.2, 0) is 20.7 Å². The molecule has 2 heterocycles. The largest absolute Gasteiger partial charge is 0.494 e. The lowest BCUT2D eigenvalue weighted by Crippen LogP contribution is -2.55. The fraction of sp³-hybridized carbons (Fsp3) is 0.650. The maximum absolute atomic E-state index is 12.8. The molecule has 5 heteroatoms. The van der Waals surface area contributed by atoms with Crippen LogP contribution in [0.4, 0.5) is 0 Å². The number of likely N-dealkylation sites (tertiary alicyclic amines) is 1. The number of ether oxygens (including phenoxy) is 3. The Balaban J connectivity index is 1.54. The molecule has 138 valence electrons. The topological polar surface area (TPSA) is 48.0 Å². The van der Waals surface area contributed by atoms with Crippen LogP contribution in [0.25, 0.3) is 0 Å². The van der Waals surface area contributed by atoms with E-state index in [0.717, 1.165) is 38.2 Å².